The van der Waals surface area contributed by atoms with E-state index in [0.717, 1.165) is 12.6 Å². The lowest BCUT2D eigenvalue weighted by atomic mass is 9.99. The van der Waals surface area contributed by atoms with Crippen molar-refractivity contribution in [3.8, 4) is 0 Å². The van der Waals surface area contributed by atoms with Gasteiger partial charge in [-0.2, -0.15) is 11.8 Å². The Hall–Kier alpha value is -0.670. The van der Waals surface area contributed by atoms with Gasteiger partial charge in [0.1, 0.15) is 0 Å². The van der Waals surface area contributed by atoms with E-state index in [0.29, 0.717) is 0 Å². The highest BCUT2D eigenvalue weighted by atomic mass is 32.2. The number of aryl methyl sites for hydroxylation is 1. The van der Waals surface area contributed by atoms with Crippen LogP contribution in [0.1, 0.15) is 30.4 Å². The van der Waals surface area contributed by atoms with E-state index >= 15 is 0 Å². The lowest BCUT2D eigenvalue weighted by Crippen LogP contribution is -2.32. The van der Waals surface area contributed by atoms with Gasteiger partial charge >= 0.3 is 0 Å². The van der Waals surface area contributed by atoms with Crippen LogP contribution in [0.5, 0.6) is 0 Å². The van der Waals surface area contributed by atoms with Crippen molar-refractivity contribution in [3.63, 3.8) is 0 Å². The molecule has 3 rings (SSSR count). The molecule has 1 saturated heterocycles. The number of anilines is 1. The van der Waals surface area contributed by atoms with Crippen LogP contribution in [0, 0.1) is 0 Å². The first-order valence-corrected chi connectivity index (χ1v) is 8.62. The van der Waals surface area contributed by atoms with Crippen molar-refractivity contribution in [2.24, 2.45) is 0 Å². The monoisotopic (exact) mass is 276 g/mol. The van der Waals surface area contributed by atoms with Gasteiger partial charge in [0.15, 0.2) is 0 Å². The second kappa shape index (κ2) is 6.19. The van der Waals surface area contributed by atoms with E-state index in [1.807, 2.05) is 0 Å². The molecule has 0 aliphatic carbocycles. The first-order chi connectivity index (χ1) is 9.33. The Bertz CT molecular complexity index is 427. The molecule has 104 valence electrons. The summed E-state index contributed by atoms with van der Waals surface area (Å²) < 4.78 is 0. The van der Waals surface area contributed by atoms with Crippen LogP contribution < -0.4 is 10.2 Å². The van der Waals surface area contributed by atoms with Gasteiger partial charge in [0.25, 0.3) is 0 Å². The van der Waals surface area contributed by atoms with Gasteiger partial charge in [-0.25, -0.2) is 0 Å². The van der Waals surface area contributed by atoms with Gasteiger partial charge < -0.3 is 10.2 Å². The summed E-state index contributed by atoms with van der Waals surface area (Å²) in [7, 11) is 2.20. The average molecular weight is 276 g/mol. The molecule has 0 atom stereocenters. The molecular weight excluding hydrogens is 252 g/mol. The minimum absolute atomic E-state index is 0.736. The number of hydrogen-bond donors (Lipinski definition) is 1. The third-order valence-electron chi connectivity index (χ3n) is 4.31. The summed E-state index contributed by atoms with van der Waals surface area (Å²) in [6.45, 7) is 2.23. The van der Waals surface area contributed by atoms with Crippen LogP contribution in [0.25, 0.3) is 0 Å². The molecule has 2 aliphatic rings. The van der Waals surface area contributed by atoms with Gasteiger partial charge in [-0.3, -0.25) is 0 Å². The summed E-state index contributed by atoms with van der Waals surface area (Å²) in [5, 5.41) is 3.73. The van der Waals surface area contributed by atoms with Crippen molar-refractivity contribution < 1.29 is 0 Å². The van der Waals surface area contributed by atoms with Crippen molar-refractivity contribution in [2.45, 2.75) is 38.3 Å². The maximum Gasteiger partial charge on any atom is 0.0396 e. The third-order valence-corrected chi connectivity index (χ3v) is 5.36. The Morgan fingerprint density at radius 3 is 3.00 bits per heavy atom. The van der Waals surface area contributed by atoms with Gasteiger partial charge in [-0.1, -0.05) is 12.1 Å². The summed E-state index contributed by atoms with van der Waals surface area (Å²) >= 11 is 2.09. The highest BCUT2D eigenvalue weighted by Crippen LogP contribution is 2.27. The van der Waals surface area contributed by atoms with Gasteiger partial charge in [0.2, 0.25) is 0 Å². The fourth-order valence-electron chi connectivity index (χ4n) is 3.11. The predicted molar refractivity (Wildman–Crippen MR) is 85.2 cm³/mol. The Kier molecular flexibility index (Phi) is 4.34. The first kappa shape index (κ1) is 13.3. The van der Waals surface area contributed by atoms with Crippen LogP contribution in [0.3, 0.4) is 0 Å². The Balaban J connectivity index is 1.62. The molecule has 19 heavy (non-hydrogen) atoms. The van der Waals surface area contributed by atoms with Crippen molar-refractivity contribution in [1.82, 2.24) is 5.32 Å². The average Bonchev–Trinajstić information content (AvgIpc) is 2.46. The Morgan fingerprint density at radius 2 is 2.16 bits per heavy atom. The number of rotatable bonds is 3. The first-order valence-electron chi connectivity index (χ1n) is 7.47. The molecule has 1 N–H and O–H groups in total. The normalized spacial score (nSPS) is 20.4. The zero-order valence-corrected chi connectivity index (χ0v) is 12.6. The molecule has 0 unspecified atom stereocenters. The second-order valence-electron chi connectivity index (χ2n) is 5.76. The summed E-state index contributed by atoms with van der Waals surface area (Å²) in [5.74, 6) is 2.65. The van der Waals surface area contributed by atoms with Crippen LogP contribution in [0.4, 0.5) is 5.69 Å². The Labute approximate surface area is 121 Å². The second-order valence-corrected chi connectivity index (χ2v) is 6.98. The molecule has 0 aromatic heterocycles. The molecule has 3 heteroatoms. The predicted octanol–water partition coefficient (Wildman–Crippen LogP) is 3.05. The highest BCUT2D eigenvalue weighted by Gasteiger charge is 2.15. The van der Waals surface area contributed by atoms with Crippen molar-refractivity contribution in [3.05, 3.63) is 29.3 Å². The van der Waals surface area contributed by atoms with Crippen LogP contribution in [0.15, 0.2) is 18.2 Å². The number of benzene rings is 1. The van der Waals surface area contributed by atoms with Gasteiger partial charge in [0, 0.05) is 31.9 Å². The Morgan fingerprint density at radius 1 is 1.32 bits per heavy atom. The van der Waals surface area contributed by atoms with Gasteiger partial charge in [-0.05, 0) is 54.4 Å². The smallest absolute Gasteiger partial charge is 0.0396 e. The number of thioether (sulfide) groups is 1. The standard InChI is InChI=1S/C16H24N2S/c1-18-8-2-3-14-11-13(4-5-16(14)18)12-17-15-6-9-19-10-7-15/h4-5,11,15,17H,2-3,6-10,12H2,1H3. The van der Waals surface area contributed by atoms with Gasteiger partial charge in [-0.15, -0.1) is 0 Å². The van der Waals surface area contributed by atoms with E-state index in [4.69, 9.17) is 0 Å². The van der Waals surface area contributed by atoms with E-state index in [2.05, 4.69) is 47.2 Å². The van der Waals surface area contributed by atoms with Crippen LogP contribution in [0.2, 0.25) is 0 Å². The van der Waals surface area contributed by atoms with Crippen LogP contribution >= 0.6 is 11.8 Å². The molecule has 0 spiro atoms. The molecule has 0 bridgehead atoms. The molecule has 1 aromatic rings. The van der Waals surface area contributed by atoms with E-state index in [-0.39, 0.29) is 0 Å². The fraction of sp³-hybridized carbons (Fsp3) is 0.625. The molecule has 0 radical (unpaired) electrons. The van der Waals surface area contributed by atoms with Crippen LogP contribution in [-0.4, -0.2) is 31.1 Å². The lowest BCUT2D eigenvalue weighted by molar-refractivity contribution is 0.482. The molecule has 2 heterocycles. The fourth-order valence-corrected chi connectivity index (χ4v) is 4.22. The zero-order chi connectivity index (χ0) is 13.1. The number of nitrogens with zero attached hydrogens (tertiary/aromatic N) is 1. The van der Waals surface area contributed by atoms with E-state index in [1.165, 1.54) is 60.5 Å². The molecule has 0 amide bonds. The quantitative estimate of drug-likeness (QED) is 0.913. The summed E-state index contributed by atoms with van der Waals surface area (Å²) in [6, 6.07) is 7.75. The largest absolute Gasteiger partial charge is 0.374 e. The minimum atomic E-state index is 0.736. The van der Waals surface area contributed by atoms with Crippen LogP contribution in [-0.2, 0) is 13.0 Å². The molecule has 1 aromatic carbocycles. The van der Waals surface area contributed by atoms with Gasteiger partial charge in [0.05, 0.1) is 0 Å². The molecule has 0 saturated carbocycles. The van der Waals surface area contributed by atoms with Crippen molar-refractivity contribution in [2.75, 3.05) is 30.0 Å². The zero-order valence-electron chi connectivity index (χ0n) is 11.8. The van der Waals surface area contributed by atoms with E-state index < -0.39 is 0 Å². The maximum absolute atomic E-state index is 3.73. The molecule has 2 aliphatic heterocycles. The summed E-state index contributed by atoms with van der Waals surface area (Å²) in [5.41, 5.74) is 4.42. The SMILES string of the molecule is CN1CCCc2cc(CNC3CCSCC3)ccc21. The van der Waals surface area contributed by atoms with Crippen molar-refractivity contribution >= 4 is 17.4 Å². The number of hydrogen-bond acceptors (Lipinski definition) is 3. The molecule has 1 fully saturated rings. The minimum Gasteiger partial charge on any atom is -0.374 e. The maximum atomic E-state index is 3.73. The topological polar surface area (TPSA) is 15.3 Å². The lowest BCUT2D eigenvalue weighted by Gasteiger charge is -2.28. The number of fused-ring (bicyclic) bond motifs is 1. The molecule has 2 nitrogen and oxygen atoms in total. The third kappa shape index (κ3) is 3.26. The van der Waals surface area contributed by atoms with E-state index in [9.17, 15) is 0 Å². The van der Waals surface area contributed by atoms with E-state index in [1.54, 1.807) is 0 Å². The highest BCUT2D eigenvalue weighted by molar-refractivity contribution is 7.99. The van der Waals surface area contributed by atoms with Crippen molar-refractivity contribution in [1.29, 1.82) is 0 Å². The molecular formula is C16H24N2S. The number of nitrogens with one attached hydrogen (secondary N) is 1. The summed E-state index contributed by atoms with van der Waals surface area (Å²) in [4.78, 5) is 2.38. The summed E-state index contributed by atoms with van der Waals surface area (Å²) in [6.07, 6.45) is 5.20.